The summed E-state index contributed by atoms with van der Waals surface area (Å²) >= 11 is 1.84. The van der Waals surface area contributed by atoms with Crippen molar-refractivity contribution in [1.82, 2.24) is 5.32 Å². The summed E-state index contributed by atoms with van der Waals surface area (Å²) in [6.07, 6.45) is 12.9. The third-order valence-corrected chi connectivity index (χ3v) is 4.73. The fourth-order valence-corrected chi connectivity index (χ4v) is 3.56. The van der Waals surface area contributed by atoms with Gasteiger partial charge in [-0.3, -0.25) is 0 Å². The molecule has 1 fully saturated rings. The van der Waals surface area contributed by atoms with Crippen molar-refractivity contribution in [2.24, 2.45) is 17.8 Å². The number of rotatable bonds is 6. The predicted octanol–water partition coefficient (Wildman–Crippen LogP) is 2.54. The van der Waals surface area contributed by atoms with E-state index < -0.39 is 0 Å². The van der Waals surface area contributed by atoms with Gasteiger partial charge in [0.05, 0.1) is 5.75 Å². The van der Waals surface area contributed by atoms with Gasteiger partial charge in [-0.05, 0) is 37.5 Å². The summed E-state index contributed by atoms with van der Waals surface area (Å²) in [6, 6.07) is 0.659. The van der Waals surface area contributed by atoms with Crippen LogP contribution in [0.25, 0.3) is 0 Å². The highest BCUT2D eigenvalue weighted by Crippen LogP contribution is 2.44. The standard InChI is InChI=1S/C14H21NS/c1-3-7-16-8-6-15-11(2)14-10-12-4-5-13(14)9-12/h1,4-5,11-15H,6-10H2,2H3. The minimum Gasteiger partial charge on any atom is -0.313 e. The van der Waals surface area contributed by atoms with E-state index in [0.29, 0.717) is 6.04 Å². The zero-order chi connectivity index (χ0) is 11.4. The third-order valence-electron chi connectivity index (χ3n) is 3.87. The van der Waals surface area contributed by atoms with E-state index in [9.17, 15) is 0 Å². The molecule has 4 atom stereocenters. The van der Waals surface area contributed by atoms with Crippen molar-refractivity contribution in [3.05, 3.63) is 12.2 Å². The number of allylic oxidation sites excluding steroid dienone is 2. The minimum absolute atomic E-state index is 0.659. The molecule has 0 aliphatic heterocycles. The highest BCUT2D eigenvalue weighted by molar-refractivity contribution is 7.99. The van der Waals surface area contributed by atoms with E-state index in [0.717, 1.165) is 35.8 Å². The normalized spacial score (nSPS) is 32.9. The molecule has 2 bridgehead atoms. The molecule has 0 heterocycles. The Balaban J connectivity index is 1.63. The predicted molar refractivity (Wildman–Crippen MR) is 72.5 cm³/mol. The molecule has 0 spiro atoms. The summed E-state index contributed by atoms with van der Waals surface area (Å²) in [7, 11) is 0. The number of nitrogens with one attached hydrogen (secondary N) is 1. The Labute approximate surface area is 103 Å². The zero-order valence-electron chi connectivity index (χ0n) is 9.99. The van der Waals surface area contributed by atoms with Crippen LogP contribution in [-0.4, -0.2) is 24.1 Å². The summed E-state index contributed by atoms with van der Waals surface area (Å²) in [6.45, 7) is 3.43. The SMILES string of the molecule is C#CCSCCNC(C)C1CC2C=CC1C2. The number of terminal acetylenes is 1. The van der Waals surface area contributed by atoms with Crippen LogP contribution in [0.1, 0.15) is 19.8 Å². The molecule has 88 valence electrons. The molecule has 0 aromatic rings. The summed E-state index contributed by atoms with van der Waals surface area (Å²) in [4.78, 5) is 0. The van der Waals surface area contributed by atoms with E-state index in [1.54, 1.807) is 0 Å². The molecule has 16 heavy (non-hydrogen) atoms. The van der Waals surface area contributed by atoms with Gasteiger partial charge in [0.15, 0.2) is 0 Å². The van der Waals surface area contributed by atoms with Crippen LogP contribution in [0.4, 0.5) is 0 Å². The Hall–Kier alpha value is -0.390. The lowest BCUT2D eigenvalue weighted by Crippen LogP contribution is -2.36. The molecule has 2 rings (SSSR count). The van der Waals surface area contributed by atoms with E-state index >= 15 is 0 Å². The average Bonchev–Trinajstić information content (AvgIpc) is 2.90. The van der Waals surface area contributed by atoms with E-state index in [1.807, 2.05) is 11.8 Å². The highest BCUT2D eigenvalue weighted by atomic mass is 32.2. The van der Waals surface area contributed by atoms with Gasteiger partial charge in [0.1, 0.15) is 0 Å². The molecule has 2 heteroatoms. The maximum absolute atomic E-state index is 5.21. The van der Waals surface area contributed by atoms with E-state index in [2.05, 4.69) is 30.3 Å². The van der Waals surface area contributed by atoms with Gasteiger partial charge < -0.3 is 5.32 Å². The number of hydrogen-bond acceptors (Lipinski definition) is 2. The van der Waals surface area contributed by atoms with Crippen LogP contribution in [0.3, 0.4) is 0 Å². The van der Waals surface area contributed by atoms with Crippen molar-refractivity contribution in [2.75, 3.05) is 18.1 Å². The monoisotopic (exact) mass is 235 g/mol. The maximum atomic E-state index is 5.21. The van der Waals surface area contributed by atoms with Gasteiger partial charge in [-0.15, -0.1) is 18.2 Å². The molecule has 2 aliphatic rings. The van der Waals surface area contributed by atoms with Crippen LogP contribution in [0.5, 0.6) is 0 Å². The first kappa shape index (κ1) is 12.1. The summed E-state index contributed by atoms with van der Waals surface area (Å²) in [5.74, 6) is 7.23. The van der Waals surface area contributed by atoms with Crippen molar-refractivity contribution in [3.63, 3.8) is 0 Å². The molecule has 1 nitrogen and oxygen atoms in total. The molecular weight excluding hydrogens is 214 g/mol. The second kappa shape index (κ2) is 5.80. The van der Waals surface area contributed by atoms with Gasteiger partial charge in [-0.2, -0.15) is 0 Å². The van der Waals surface area contributed by atoms with Crippen LogP contribution >= 0.6 is 11.8 Å². The molecule has 0 amide bonds. The van der Waals surface area contributed by atoms with Gasteiger partial charge in [0.2, 0.25) is 0 Å². The number of thioether (sulfide) groups is 1. The quantitative estimate of drug-likeness (QED) is 0.431. The average molecular weight is 235 g/mol. The van der Waals surface area contributed by atoms with Crippen LogP contribution in [-0.2, 0) is 0 Å². The Morgan fingerprint density at radius 3 is 3.00 bits per heavy atom. The Morgan fingerprint density at radius 1 is 1.50 bits per heavy atom. The summed E-state index contributed by atoms with van der Waals surface area (Å²) in [5.41, 5.74) is 0. The lowest BCUT2D eigenvalue weighted by molar-refractivity contribution is 0.333. The Bertz CT molecular complexity index is 292. The lowest BCUT2D eigenvalue weighted by atomic mass is 9.87. The topological polar surface area (TPSA) is 12.0 Å². The largest absolute Gasteiger partial charge is 0.313 e. The second-order valence-electron chi connectivity index (χ2n) is 4.94. The third kappa shape index (κ3) is 2.84. The molecular formula is C14H21NS. The van der Waals surface area contributed by atoms with Crippen molar-refractivity contribution in [2.45, 2.75) is 25.8 Å². The molecule has 0 radical (unpaired) electrons. The molecule has 0 aromatic carbocycles. The molecule has 0 aromatic heterocycles. The highest BCUT2D eigenvalue weighted by Gasteiger charge is 2.38. The first-order valence-corrected chi connectivity index (χ1v) is 7.39. The Kier molecular flexibility index (Phi) is 4.37. The molecule has 1 saturated carbocycles. The fourth-order valence-electron chi connectivity index (χ4n) is 3.04. The lowest BCUT2D eigenvalue weighted by Gasteiger charge is -2.26. The van der Waals surface area contributed by atoms with Crippen molar-refractivity contribution >= 4 is 11.8 Å². The maximum Gasteiger partial charge on any atom is 0.0545 e. The van der Waals surface area contributed by atoms with Gasteiger partial charge in [0, 0.05) is 18.3 Å². The minimum atomic E-state index is 0.659. The number of hydrogen-bond donors (Lipinski definition) is 1. The summed E-state index contributed by atoms with van der Waals surface area (Å²) < 4.78 is 0. The van der Waals surface area contributed by atoms with Gasteiger partial charge in [0.25, 0.3) is 0 Å². The van der Waals surface area contributed by atoms with Gasteiger partial charge in [-0.25, -0.2) is 0 Å². The summed E-state index contributed by atoms with van der Waals surface area (Å²) in [5, 5.41) is 3.64. The number of fused-ring (bicyclic) bond motifs is 2. The van der Waals surface area contributed by atoms with Crippen molar-refractivity contribution in [1.29, 1.82) is 0 Å². The smallest absolute Gasteiger partial charge is 0.0545 e. The van der Waals surface area contributed by atoms with Crippen LogP contribution in [0, 0.1) is 30.1 Å². The van der Waals surface area contributed by atoms with Gasteiger partial charge >= 0.3 is 0 Å². The Morgan fingerprint density at radius 2 is 2.38 bits per heavy atom. The first-order valence-electron chi connectivity index (χ1n) is 6.24. The van der Waals surface area contributed by atoms with Crippen LogP contribution < -0.4 is 5.32 Å². The van der Waals surface area contributed by atoms with E-state index in [1.165, 1.54) is 12.8 Å². The van der Waals surface area contributed by atoms with Crippen molar-refractivity contribution in [3.8, 4) is 12.3 Å². The van der Waals surface area contributed by atoms with Gasteiger partial charge in [-0.1, -0.05) is 18.1 Å². The van der Waals surface area contributed by atoms with Crippen LogP contribution in [0.15, 0.2) is 12.2 Å². The molecule has 2 aliphatic carbocycles. The van der Waals surface area contributed by atoms with E-state index in [-0.39, 0.29) is 0 Å². The van der Waals surface area contributed by atoms with E-state index in [4.69, 9.17) is 6.42 Å². The van der Waals surface area contributed by atoms with Crippen LogP contribution in [0.2, 0.25) is 0 Å². The fraction of sp³-hybridized carbons (Fsp3) is 0.714. The molecule has 0 saturated heterocycles. The molecule has 1 N–H and O–H groups in total. The zero-order valence-corrected chi connectivity index (χ0v) is 10.8. The first-order chi connectivity index (χ1) is 7.81. The second-order valence-corrected chi connectivity index (χ2v) is 6.05. The van der Waals surface area contributed by atoms with Crippen molar-refractivity contribution < 1.29 is 0 Å². The molecule has 4 unspecified atom stereocenters.